The average Bonchev–Trinajstić information content (AvgIpc) is 3.54. The van der Waals surface area contributed by atoms with Gasteiger partial charge in [0.2, 0.25) is 0 Å². The molecule has 0 aliphatic carbocycles. The van der Waals surface area contributed by atoms with Crippen LogP contribution >= 0.6 is 0 Å². The molecule has 10 heteroatoms. The van der Waals surface area contributed by atoms with E-state index < -0.39 is 11.9 Å². The van der Waals surface area contributed by atoms with E-state index in [-0.39, 0.29) is 42.4 Å². The quantitative estimate of drug-likeness (QED) is 0.232. The summed E-state index contributed by atoms with van der Waals surface area (Å²) in [5.74, 6) is -0.485. The first-order valence-corrected chi connectivity index (χ1v) is 16.2. The van der Waals surface area contributed by atoms with Gasteiger partial charge in [-0.05, 0) is 69.0 Å². The second kappa shape index (κ2) is 14.3. The second-order valence-corrected chi connectivity index (χ2v) is 13.2. The van der Waals surface area contributed by atoms with Gasteiger partial charge in [-0.3, -0.25) is 19.5 Å². The van der Waals surface area contributed by atoms with Gasteiger partial charge in [-0.25, -0.2) is 4.98 Å². The van der Waals surface area contributed by atoms with Crippen LogP contribution in [0.25, 0.3) is 11.0 Å². The zero-order valence-electron chi connectivity index (χ0n) is 27.1. The fourth-order valence-electron chi connectivity index (χ4n) is 6.11. The molecule has 2 fully saturated rings. The molecule has 2 saturated heterocycles. The van der Waals surface area contributed by atoms with E-state index in [1.54, 1.807) is 0 Å². The van der Waals surface area contributed by atoms with Gasteiger partial charge in [-0.2, -0.15) is 0 Å². The second-order valence-electron chi connectivity index (χ2n) is 13.2. The van der Waals surface area contributed by atoms with Crippen LogP contribution in [0.5, 0.6) is 0 Å². The summed E-state index contributed by atoms with van der Waals surface area (Å²) in [6.07, 6.45) is 2.73. The molecule has 1 aromatic heterocycles. The summed E-state index contributed by atoms with van der Waals surface area (Å²) in [5.41, 5.74) is 4.73. The minimum Gasteiger partial charge on any atom is -0.459 e. The number of aliphatic hydroxyl groups excluding tert-OH is 1. The standard InChI is InChI=1S/C37H42N4O6/c1-37(2,3)47-35(44)32-9-6-18-41(32)22-28-19-33(26-14-12-25(23-42)13-15-26)46-36(45-28)27-16-10-24(11-17-27)20-39-34(43)31-21-38-29-7-4-5-8-30(29)40-31/h4-5,7-8,10-17,21,28,32-33,36,42H,6,9,18-20,22-23H2,1-3H3,(H,39,43). The average molecular weight is 639 g/mol. The molecule has 47 heavy (non-hydrogen) atoms. The zero-order chi connectivity index (χ0) is 33.0. The number of nitrogens with one attached hydrogen (secondary N) is 1. The molecule has 1 amide bonds. The molecule has 3 aromatic carbocycles. The monoisotopic (exact) mass is 638 g/mol. The van der Waals surface area contributed by atoms with Gasteiger partial charge in [0.25, 0.3) is 5.91 Å². The van der Waals surface area contributed by atoms with Crippen molar-refractivity contribution in [2.75, 3.05) is 13.1 Å². The van der Waals surface area contributed by atoms with Crippen LogP contribution in [0.3, 0.4) is 0 Å². The fourth-order valence-corrected chi connectivity index (χ4v) is 6.11. The first kappa shape index (κ1) is 32.7. The molecule has 4 aromatic rings. The summed E-state index contributed by atoms with van der Waals surface area (Å²) in [7, 11) is 0. The van der Waals surface area contributed by atoms with E-state index in [1.165, 1.54) is 6.20 Å². The minimum absolute atomic E-state index is 0.0242. The fraction of sp³-hybridized carbons (Fsp3) is 0.405. The molecule has 2 N–H and O–H groups in total. The Morgan fingerprint density at radius 1 is 0.957 bits per heavy atom. The van der Waals surface area contributed by atoms with E-state index in [4.69, 9.17) is 14.2 Å². The molecule has 0 spiro atoms. The number of likely N-dealkylation sites (tertiary alicyclic amines) is 1. The topological polar surface area (TPSA) is 123 Å². The Morgan fingerprint density at radius 2 is 1.66 bits per heavy atom. The molecular formula is C37H42N4O6. The molecule has 2 aliphatic heterocycles. The lowest BCUT2D eigenvalue weighted by atomic mass is 9.99. The minimum atomic E-state index is -0.629. The number of amides is 1. The van der Waals surface area contributed by atoms with Crippen molar-refractivity contribution in [1.82, 2.24) is 20.2 Å². The van der Waals surface area contributed by atoms with Crippen LogP contribution in [0.4, 0.5) is 0 Å². The SMILES string of the molecule is CC(C)(C)OC(=O)C1CCCN1CC1CC(c2ccc(CO)cc2)OC(c2ccc(CNC(=O)c3cnc4ccccc4n3)cc2)O1. The van der Waals surface area contributed by atoms with Crippen molar-refractivity contribution < 1.29 is 28.9 Å². The summed E-state index contributed by atoms with van der Waals surface area (Å²) < 4.78 is 18.8. The number of rotatable bonds is 9. The first-order chi connectivity index (χ1) is 22.6. The third-order valence-electron chi connectivity index (χ3n) is 8.48. The van der Waals surface area contributed by atoms with Crippen LogP contribution < -0.4 is 5.32 Å². The van der Waals surface area contributed by atoms with Gasteiger partial charge >= 0.3 is 5.97 Å². The molecule has 0 bridgehead atoms. The Bertz CT molecular complexity index is 1690. The van der Waals surface area contributed by atoms with Crippen LogP contribution in [0, 0.1) is 0 Å². The van der Waals surface area contributed by atoms with Gasteiger partial charge in [0.05, 0.1) is 36.0 Å². The number of carbonyl (C=O) groups excluding carboxylic acids is 2. The molecule has 246 valence electrons. The van der Waals surface area contributed by atoms with Crippen molar-refractivity contribution >= 4 is 22.9 Å². The van der Waals surface area contributed by atoms with Crippen molar-refractivity contribution in [3.63, 3.8) is 0 Å². The highest BCUT2D eigenvalue weighted by molar-refractivity contribution is 5.93. The van der Waals surface area contributed by atoms with Gasteiger partial charge in [-0.15, -0.1) is 0 Å². The molecule has 0 saturated carbocycles. The van der Waals surface area contributed by atoms with Gasteiger partial charge in [0, 0.05) is 25.1 Å². The number of nitrogens with zero attached hydrogens (tertiary/aromatic N) is 3. The van der Waals surface area contributed by atoms with E-state index >= 15 is 0 Å². The first-order valence-electron chi connectivity index (χ1n) is 16.2. The molecule has 4 atom stereocenters. The number of fused-ring (bicyclic) bond motifs is 1. The normalized spacial score (nSPS) is 21.9. The summed E-state index contributed by atoms with van der Waals surface area (Å²) in [6, 6.07) is 22.7. The summed E-state index contributed by atoms with van der Waals surface area (Å²) in [5, 5.41) is 12.5. The van der Waals surface area contributed by atoms with Crippen LogP contribution in [0.1, 0.15) is 85.2 Å². The number of para-hydroxylation sites is 2. The lowest BCUT2D eigenvalue weighted by Gasteiger charge is -2.38. The maximum absolute atomic E-state index is 13.0. The molecule has 2 aliphatic rings. The van der Waals surface area contributed by atoms with Crippen LogP contribution in [-0.2, 0) is 32.2 Å². The van der Waals surface area contributed by atoms with Crippen LogP contribution in [0.15, 0.2) is 79.0 Å². The highest BCUT2D eigenvalue weighted by atomic mass is 16.7. The summed E-state index contributed by atoms with van der Waals surface area (Å²) in [6.45, 7) is 7.35. The van der Waals surface area contributed by atoms with Gasteiger partial charge in [-0.1, -0.05) is 60.7 Å². The van der Waals surface area contributed by atoms with Crippen molar-refractivity contribution in [3.05, 3.63) is 107 Å². The van der Waals surface area contributed by atoms with E-state index in [0.717, 1.165) is 47.2 Å². The van der Waals surface area contributed by atoms with Gasteiger partial charge in [0.15, 0.2) is 6.29 Å². The molecule has 4 unspecified atom stereocenters. The molecule has 6 rings (SSSR count). The summed E-state index contributed by atoms with van der Waals surface area (Å²) in [4.78, 5) is 36.8. The third-order valence-corrected chi connectivity index (χ3v) is 8.48. The third kappa shape index (κ3) is 8.20. The number of carbonyl (C=O) groups is 2. The van der Waals surface area contributed by atoms with Crippen LogP contribution in [-0.4, -0.2) is 62.7 Å². The number of ether oxygens (including phenoxy) is 3. The number of hydrogen-bond acceptors (Lipinski definition) is 9. The lowest BCUT2D eigenvalue weighted by molar-refractivity contribution is -0.253. The molecular weight excluding hydrogens is 596 g/mol. The highest BCUT2D eigenvalue weighted by Crippen LogP contribution is 2.39. The Morgan fingerprint density at radius 3 is 2.38 bits per heavy atom. The van der Waals surface area contributed by atoms with Gasteiger partial charge < -0.3 is 24.6 Å². The molecule has 0 radical (unpaired) electrons. The maximum atomic E-state index is 13.0. The Labute approximate surface area is 275 Å². The molecule has 10 nitrogen and oxygen atoms in total. The Kier molecular flexibility index (Phi) is 9.93. The Hall–Kier alpha value is -4.22. The number of benzene rings is 3. The highest BCUT2D eigenvalue weighted by Gasteiger charge is 2.39. The van der Waals surface area contributed by atoms with E-state index in [1.807, 2.05) is 93.6 Å². The van der Waals surface area contributed by atoms with Crippen molar-refractivity contribution in [2.45, 2.75) is 83.3 Å². The summed E-state index contributed by atoms with van der Waals surface area (Å²) >= 11 is 0. The van der Waals surface area contributed by atoms with Gasteiger partial charge in [0.1, 0.15) is 17.3 Å². The lowest BCUT2D eigenvalue weighted by Crippen LogP contribution is -2.45. The number of aliphatic hydroxyl groups is 1. The number of hydrogen-bond donors (Lipinski definition) is 2. The van der Waals surface area contributed by atoms with Crippen LogP contribution in [0.2, 0.25) is 0 Å². The number of esters is 1. The van der Waals surface area contributed by atoms with Crippen molar-refractivity contribution in [2.24, 2.45) is 0 Å². The van der Waals surface area contributed by atoms with Crippen molar-refractivity contribution in [3.8, 4) is 0 Å². The molecule has 3 heterocycles. The van der Waals surface area contributed by atoms with Crippen molar-refractivity contribution in [1.29, 1.82) is 0 Å². The smallest absolute Gasteiger partial charge is 0.323 e. The maximum Gasteiger partial charge on any atom is 0.323 e. The largest absolute Gasteiger partial charge is 0.459 e. The van der Waals surface area contributed by atoms with E-state index in [9.17, 15) is 14.7 Å². The number of aromatic nitrogens is 2. The van der Waals surface area contributed by atoms with E-state index in [0.29, 0.717) is 25.0 Å². The zero-order valence-corrected chi connectivity index (χ0v) is 27.1. The predicted octanol–water partition coefficient (Wildman–Crippen LogP) is 5.40. The predicted molar refractivity (Wildman–Crippen MR) is 176 cm³/mol. The van der Waals surface area contributed by atoms with E-state index in [2.05, 4.69) is 20.2 Å². The Balaban J connectivity index is 1.14.